The van der Waals surface area contributed by atoms with Gasteiger partial charge in [0.05, 0.1) is 12.1 Å². The predicted octanol–water partition coefficient (Wildman–Crippen LogP) is 2.12. The van der Waals surface area contributed by atoms with Crippen molar-refractivity contribution in [2.24, 2.45) is 5.73 Å². The molecule has 0 heterocycles. The summed E-state index contributed by atoms with van der Waals surface area (Å²) in [6.45, 7) is 6.70. The third-order valence-corrected chi connectivity index (χ3v) is 2.44. The molecule has 0 aliphatic rings. The van der Waals surface area contributed by atoms with E-state index in [-0.39, 0.29) is 0 Å². The fourth-order valence-electron chi connectivity index (χ4n) is 1.83. The summed E-state index contributed by atoms with van der Waals surface area (Å²) in [5.41, 5.74) is 9.43. The first-order chi connectivity index (χ1) is 6.47. The van der Waals surface area contributed by atoms with Gasteiger partial charge in [-0.25, -0.2) is 0 Å². The summed E-state index contributed by atoms with van der Waals surface area (Å²) in [6.07, 6.45) is 0. The Labute approximate surface area is 86.1 Å². The Morgan fingerprint density at radius 2 is 2.00 bits per heavy atom. The molecular formula is C12H19NO. The molecule has 0 aromatic heterocycles. The highest BCUT2D eigenvalue weighted by molar-refractivity contribution is 5.35. The van der Waals surface area contributed by atoms with Crippen LogP contribution in [-0.2, 0) is 10.3 Å². The third-order valence-electron chi connectivity index (χ3n) is 2.44. The SMILES string of the molecule is COCC(C)(N)c1ccc(C)cc1C. The lowest BCUT2D eigenvalue weighted by Gasteiger charge is -2.26. The predicted molar refractivity (Wildman–Crippen MR) is 59.3 cm³/mol. The molecule has 1 unspecified atom stereocenters. The maximum absolute atomic E-state index is 6.17. The van der Waals surface area contributed by atoms with Crippen molar-refractivity contribution >= 4 is 0 Å². The Morgan fingerprint density at radius 3 is 2.50 bits per heavy atom. The van der Waals surface area contributed by atoms with Gasteiger partial charge in [0.15, 0.2) is 0 Å². The maximum Gasteiger partial charge on any atom is 0.0681 e. The van der Waals surface area contributed by atoms with Gasteiger partial charge >= 0.3 is 0 Å². The van der Waals surface area contributed by atoms with Gasteiger partial charge in [-0.2, -0.15) is 0 Å². The van der Waals surface area contributed by atoms with Crippen molar-refractivity contribution in [3.05, 3.63) is 34.9 Å². The Balaban J connectivity index is 3.06. The second-order valence-corrected chi connectivity index (χ2v) is 4.17. The van der Waals surface area contributed by atoms with Crippen LogP contribution in [0.15, 0.2) is 18.2 Å². The molecule has 1 rings (SSSR count). The first-order valence-corrected chi connectivity index (χ1v) is 4.83. The van der Waals surface area contributed by atoms with Crippen molar-refractivity contribution in [3.63, 3.8) is 0 Å². The summed E-state index contributed by atoms with van der Waals surface area (Å²) < 4.78 is 5.12. The summed E-state index contributed by atoms with van der Waals surface area (Å²) in [4.78, 5) is 0. The maximum atomic E-state index is 6.17. The summed E-state index contributed by atoms with van der Waals surface area (Å²) in [5, 5.41) is 0. The van der Waals surface area contributed by atoms with E-state index in [0.29, 0.717) is 6.61 Å². The smallest absolute Gasteiger partial charge is 0.0681 e. The van der Waals surface area contributed by atoms with Crippen LogP contribution in [0.1, 0.15) is 23.6 Å². The molecule has 14 heavy (non-hydrogen) atoms. The highest BCUT2D eigenvalue weighted by atomic mass is 16.5. The van der Waals surface area contributed by atoms with Crippen LogP contribution in [0.5, 0.6) is 0 Å². The number of hydrogen-bond donors (Lipinski definition) is 1. The number of ether oxygens (including phenoxy) is 1. The number of nitrogens with two attached hydrogens (primary N) is 1. The fraction of sp³-hybridized carbons (Fsp3) is 0.500. The lowest BCUT2D eigenvalue weighted by atomic mass is 9.89. The van der Waals surface area contributed by atoms with E-state index >= 15 is 0 Å². The molecule has 1 aromatic rings. The van der Waals surface area contributed by atoms with Gasteiger partial charge in [0, 0.05) is 7.11 Å². The molecule has 0 radical (unpaired) electrons. The van der Waals surface area contributed by atoms with E-state index in [0.717, 1.165) is 5.56 Å². The van der Waals surface area contributed by atoms with Gasteiger partial charge in [0.2, 0.25) is 0 Å². The third kappa shape index (κ3) is 2.34. The van der Waals surface area contributed by atoms with Gasteiger partial charge in [-0.05, 0) is 31.9 Å². The van der Waals surface area contributed by atoms with Crippen LogP contribution < -0.4 is 5.73 Å². The highest BCUT2D eigenvalue weighted by Crippen LogP contribution is 2.22. The molecule has 0 saturated carbocycles. The second-order valence-electron chi connectivity index (χ2n) is 4.17. The van der Waals surface area contributed by atoms with Crippen LogP contribution in [0.25, 0.3) is 0 Å². The molecule has 1 aromatic carbocycles. The molecule has 0 saturated heterocycles. The zero-order chi connectivity index (χ0) is 10.8. The van der Waals surface area contributed by atoms with E-state index in [1.54, 1.807) is 7.11 Å². The number of benzene rings is 1. The lowest BCUT2D eigenvalue weighted by molar-refractivity contribution is 0.140. The molecule has 0 spiro atoms. The summed E-state index contributed by atoms with van der Waals surface area (Å²) in [5.74, 6) is 0. The zero-order valence-corrected chi connectivity index (χ0v) is 9.42. The van der Waals surface area contributed by atoms with Crippen LogP contribution in [0.4, 0.5) is 0 Å². The average molecular weight is 193 g/mol. The standard InChI is InChI=1S/C12H19NO/c1-9-5-6-11(10(2)7-9)12(3,13)8-14-4/h5-7H,8,13H2,1-4H3. The van der Waals surface area contributed by atoms with Crippen molar-refractivity contribution in [2.45, 2.75) is 26.3 Å². The van der Waals surface area contributed by atoms with Crippen molar-refractivity contribution in [1.29, 1.82) is 0 Å². The van der Waals surface area contributed by atoms with E-state index < -0.39 is 5.54 Å². The van der Waals surface area contributed by atoms with Gasteiger partial charge in [0.1, 0.15) is 0 Å². The Bertz CT molecular complexity index is 318. The topological polar surface area (TPSA) is 35.2 Å². The minimum absolute atomic E-state index is 0.396. The molecule has 0 bridgehead atoms. The molecule has 78 valence electrons. The quantitative estimate of drug-likeness (QED) is 0.798. The Morgan fingerprint density at radius 1 is 1.36 bits per heavy atom. The minimum atomic E-state index is -0.396. The van der Waals surface area contributed by atoms with Crippen LogP contribution in [0.3, 0.4) is 0 Å². The summed E-state index contributed by atoms with van der Waals surface area (Å²) >= 11 is 0. The second kappa shape index (κ2) is 4.11. The van der Waals surface area contributed by atoms with Crippen molar-refractivity contribution in [1.82, 2.24) is 0 Å². The lowest BCUT2D eigenvalue weighted by Crippen LogP contribution is -2.38. The molecule has 1 atom stereocenters. The number of aryl methyl sites for hydroxylation is 2. The molecule has 2 N–H and O–H groups in total. The highest BCUT2D eigenvalue weighted by Gasteiger charge is 2.22. The van der Waals surface area contributed by atoms with Crippen LogP contribution in [0, 0.1) is 13.8 Å². The van der Waals surface area contributed by atoms with Crippen LogP contribution >= 0.6 is 0 Å². The monoisotopic (exact) mass is 193 g/mol. The van der Waals surface area contributed by atoms with Crippen LogP contribution in [0.2, 0.25) is 0 Å². The van der Waals surface area contributed by atoms with Gasteiger partial charge in [-0.1, -0.05) is 23.8 Å². The van der Waals surface area contributed by atoms with Gasteiger partial charge < -0.3 is 10.5 Å². The van der Waals surface area contributed by atoms with E-state index in [4.69, 9.17) is 10.5 Å². The van der Waals surface area contributed by atoms with E-state index in [1.165, 1.54) is 11.1 Å². The summed E-state index contributed by atoms with van der Waals surface area (Å²) in [7, 11) is 1.68. The largest absolute Gasteiger partial charge is 0.382 e. The van der Waals surface area contributed by atoms with Gasteiger partial charge in [-0.15, -0.1) is 0 Å². The molecular weight excluding hydrogens is 174 g/mol. The van der Waals surface area contributed by atoms with Gasteiger partial charge in [0.25, 0.3) is 0 Å². The van der Waals surface area contributed by atoms with Gasteiger partial charge in [-0.3, -0.25) is 0 Å². The average Bonchev–Trinajstić information content (AvgIpc) is 2.02. The van der Waals surface area contributed by atoms with E-state index in [9.17, 15) is 0 Å². The molecule has 0 amide bonds. The van der Waals surface area contributed by atoms with Crippen LogP contribution in [-0.4, -0.2) is 13.7 Å². The first kappa shape index (κ1) is 11.2. The van der Waals surface area contributed by atoms with Crippen molar-refractivity contribution < 1.29 is 4.74 Å². The van der Waals surface area contributed by atoms with E-state index in [1.807, 2.05) is 6.92 Å². The number of methoxy groups -OCH3 is 1. The first-order valence-electron chi connectivity index (χ1n) is 4.83. The van der Waals surface area contributed by atoms with Crippen molar-refractivity contribution in [2.75, 3.05) is 13.7 Å². The molecule has 0 aliphatic carbocycles. The Kier molecular flexibility index (Phi) is 3.29. The van der Waals surface area contributed by atoms with E-state index in [2.05, 4.69) is 32.0 Å². The normalized spacial score (nSPS) is 15.2. The molecule has 0 fully saturated rings. The Hall–Kier alpha value is -0.860. The molecule has 0 aliphatic heterocycles. The van der Waals surface area contributed by atoms with Crippen molar-refractivity contribution in [3.8, 4) is 0 Å². The fourth-order valence-corrected chi connectivity index (χ4v) is 1.83. The zero-order valence-electron chi connectivity index (χ0n) is 9.42. The minimum Gasteiger partial charge on any atom is -0.382 e. The molecule has 2 nitrogen and oxygen atoms in total. The molecule has 2 heteroatoms. The number of hydrogen-bond acceptors (Lipinski definition) is 2. The number of rotatable bonds is 3. The summed E-state index contributed by atoms with van der Waals surface area (Å²) in [6, 6.07) is 6.32.